The summed E-state index contributed by atoms with van der Waals surface area (Å²) in [4.78, 5) is 12.9. The number of fused-ring (bicyclic) bond motifs is 1. The number of hydrogen-bond donors (Lipinski definition) is 1. The number of hydrogen-bond acceptors (Lipinski definition) is 1. The fourth-order valence-corrected chi connectivity index (χ4v) is 4.32. The molecule has 3 heteroatoms. The molecular weight excluding hydrogens is 314 g/mol. The molecule has 0 heterocycles. The van der Waals surface area contributed by atoms with Crippen LogP contribution >= 0.6 is 15.9 Å². The number of carbonyl (C=O) groups excluding carboxylic acids is 1. The van der Waals surface area contributed by atoms with Gasteiger partial charge in [0.2, 0.25) is 0 Å². The van der Waals surface area contributed by atoms with Gasteiger partial charge in [0.25, 0.3) is 5.91 Å². The normalized spacial score (nSPS) is 25.2. The van der Waals surface area contributed by atoms with Gasteiger partial charge in [0.15, 0.2) is 0 Å². The molecular formula is C17H22BrNO. The van der Waals surface area contributed by atoms with Crippen molar-refractivity contribution in [1.82, 2.24) is 5.32 Å². The van der Waals surface area contributed by atoms with Crippen LogP contribution in [0.3, 0.4) is 0 Å². The first kappa shape index (κ1) is 14.1. The molecule has 0 bridgehead atoms. The zero-order chi connectivity index (χ0) is 13.9. The van der Waals surface area contributed by atoms with Gasteiger partial charge in [-0.2, -0.15) is 0 Å². The number of alkyl halides is 1. The smallest absolute Gasteiger partial charge is 0.251 e. The fraction of sp³-hybridized carbons (Fsp3) is 0.588. The Kier molecular flexibility index (Phi) is 4.45. The van der Waals surface area contributed by atoms with Gasteiger partial charge in [0.05, 0.1) is 0 Å². The Morgan fingerprint density at radius 2 is 2.05 bits per heavy atom. The van der Waals surface area contributed by atoms with Gasteiger partial charge in [0, 0.05) is 16.9 Å². The average Bonchev–Trinajstić information content (AvgIpc) is 2.92. The third kappa shape index (κ3) is 3.25. The van der Waals surface area contributed by atoms with Crippen LogP contribution in [0.25, 0.3) is 0 Å². The highest BCUT2D eigenvalue weighted by Crippen LogP contribution is 2.28. The van der Waals surface area contributed by atoms with E-state index < -0.39 is 0 Å². The molecule has 1 aromatic carbocycles. The van der Waals surface area contributed by atoms with Crippen LogP contribution in [-0.4, -0.2) is 17.3 Å². The van der Waals surface area contributed by atoms with E-state index in [0.717, 1.165) is 18.5 Å². The number of benzene rings is 1. The highest BCUT2D eigenvalue weighted by molar-refractivity contribution is 9.09. The van der Waals surface area contributed by atoms with E-state index in [1.54, 1.807) is 0 Å². The van der Waals surface area contributed by atoms with Gasteiger partial charge in [0.1, 0.15) is 0 Å². The zero-order valence-electron chi connectivity index (χ0n) is 11.8. The van der Waals surface area contributed by atoms with Crippen molar-refractivity contribution in [2.75, 3.05) is 6.54 Å². The van der Waals surface area contributed by atoms with Gasteiger partial charge in [-0.05, 0) is 67.7 Å². The van der Waals surface area contributed by atoms with Crippen LogP contribution in [0.4, 0.5) is 0 Å². The van der Waals surface area contributed by atoms with Gasteiger partial charge in [-0.1, -0.05) is 28.4 Å². The minimum atomic E-state index is 0.0939. The van der Waals surface area contributed by atoms with Crippen LogP contribution in [0.1, 0.15) is 53.6 Å². The number of aryl methyl sites for hydroxylation is 2. The molecule has 0 radical (unpaired) electrons. The molecule has 2 atom stereocenters. The number of amides is 1. The lowest BCUT2D eigenvalue weighted by molar-refractivity contribution is 0.0944. The molecule has 0 aromatic heterocycles. The number of halogens is 1. The van der Waals surface area contributed by atoms with Crippen molar-refractivity contribution in [2.24, 2.45) is 5.92 Å². The van der Waals surface area contributed by atoms with E-state index in [4.69, 9.17) is 0 Å². The maximum Gasteiger partial charge on any atom is 0.251 e. The molecule has 20 heavy (non-hydrogen) atoms. The molecule has 1 amide bonds. The van der Waals surface area contributed by atoms with E-state index in [0.29, 0.717) is 10.7 Å². The maximum absolute atomic E-state index is 12.2. The van der Waals surface area contributed by atoms with Crippen LogP contribution in [0.5, 0.6) is 0 Å². The van der Waals surface area contributed by atoms with E-state index in [1.807, 2.05) is 6.07 Å². The van der Waals surface area contributed by atoms with Crippen molar-refractivity contribution in [1.29, 1.82) is 0 Å². The van der Waals surface area contributed by atoms with E-state index >= 15 is 0 Å². The highest BCUT2D eigenvalue weighted by Gasteiger charge is 2.21. The Morgan fingerprint density at radius 3 is 2.90 bits per heavy atom. The van der Waals surface area contributed by atoms with Crippen LogP contribution in [0.2, 0.25) is 0 Å². The van der Waals surface area contributed by atoms with Gasteiger partial charge >= 0.3 is 0 Å². The Morgan fingerprint density at radius 1 is 1.20 bits per heavy atom. The third-order valence-electron chi connectivity index (χ3n) is 4.63. The lowest BCUT2D eigenvalue weighted by Gasteiger charge is -2.25. The molecule has 2 nitrogen and oxygen atoms in total. The topological polar surface area (TPSA) is 29.1 Å². The SMILES string of the molecule is O=C(NCC1CCCC(Br)C1)c1ccc2c(c1)CCC2. The molecule has 2 unspecified atom stereocenters. The molecule has 2 aliphatic carbocycles. The second kappa shape index (κ2) is 6.30. The Hall–Kier alpha value is -0.830. The van der Waals surface area contributed by atoms with Crippen molar-refractivity contribution in [3.8, 4) is 0 Å². The van der Waals surface area contributed by atoms with Crippen molar-refractivity contribution >= 4 is 21.8 Å². The van der Waals surface area contributed by atoms with E-state index in [1.165, 1.54) is 49.7 Å². The fourth-order valence-electron chi connectivity index (χ4n) is 3.46. The molecule has 3 rings (SSSR count). The summed E-state index contributed by atoms with van der Waals surface area (Å²) in [6, 6.07) is 6.20. The second-order valence-electron chi connectivity index (χ2n) is 6.18. The summed E-state index contributed by atoms with van der Waals surface area (Å²) in [5, 5.41) is 3.12. The molecule has 1 fully saturated rings. The predicted molar refractivity (Wildman–Crippen MR) is 85.5 cm³/mol. The first-order valence-corrected chi connectivity index (χ1v) is 8.68. The first-order valence-electron chi connectivity index (χ1n) is 7.76. The predicted octanol–water partition coefficient (Wildman–Crippen LogP) is 3.86. The maximum atomic E-state index is 12.2. The van der Waals surface area contributed by atoms with Crippen LogP contribution in [-0.2, 0) is 12.8 Å². The zero-order valence-corrected chi connectivity index (χ0v) is 13.4. The molecule has 2 aliphatic rings. The summed E-state index contributed by atoms with van der Waals surface area (Å²) in [6.45, 7) is 0.817. The molecule has 1 N–H and O–H groups in total. The van der Waals surface area contributed by atoms with E-state index in [2.05, 4.69) is 33.4 Å². The van der Waals surface area contributed by atoms with E-state index in [-0.39, 0.29) is 5.91 Å². The monoisotopic (exact) mass is 335 g/mol. The molecule has 108 valence electrons. The summed E-state index contributed by atoms with van der Waals surface area (Å²) < 4.78 is 0. The van der Waals surface area contributed by atoms with Gasteiger partial charge < -0.3 is 5.32 Å². The van der Waals surface area contributed by atoms with Gasteiger partial charge in [-0.15, -0.1) is 0 Å². The van der Waals surface area contributed by atoms with Crippen LogP contribution < -0.4 is 5.32 Å². The molecule has 0 spiro atoms. The number of rotatable bonds is 3. The second-order valence-corrected chi connectivity index (χ2v) is 7.47. The van der Waals surface area contributed by atoms with E-state index in [9.17, 15) is 4.79 Å². The quantitative estimate of drug-likeness (QED) is 0.835. The summed E-state index contributed by atoms with van der Waals surface area (Å²) in [6.07, 6.45) is 8.51. The minimum absolute atomic E-state index is 0.0939. The average molecular weight is 336 g/mol. The largest absolute Gasteiger partial charge is 0.352 e. The van der Waals surface area contributed by atoms with Crippen molar-refractivity contribution in [3.63, 3.8) is 0 Å². The van der Waals surface area contributed by atoms with Crippen LogP contribution in [0.15, 0.2) is 18.2 Å². The van der Waals surface area contributed by atoms with Crippen molar-refractivity contribution < 1.29 is 4.79 Å². The van der Waals surface area contributed by atoms with Crippen LogP contribution in [0, 0.1) is 5.92 Å². The molecule has 0 saturated heterocycles. The lowest BCUT2D eigenvalue weighted by atomic mass is 9.89. The Bertz CT molecular complexity index is 500. The van der Waals surface area contributed by atoms with Gasteiger partial charge in [-0.25, -0.2) is 0 Å². The molecule has 1 aromatic rings. The van der Waals surface area contributed by atoms with Crippen molar-refractivity contribution in [3.05, 3.63) is 34.9 Å². The standard InChI is InChI=1S/C17H22BrNO/c18-16-6-1-3-12(9-16)11-19-17(20)15-8-7-13-4-2-5-14(13)10-15/h7-8,10,12,16H,1-6,9,11H2,(H,19,20). The minimum Gasteiger partial charge on any atom is -0.352 e. The Labute approximate surface area is 129 Å². The first-order chi connectivity index (χ1) is 9.72. The third-order valence-corrected chi connectivity index (χ3v) is 5.46. The summed E-state index contributed by atoms with van der Waals surface area (Å²) in [7, 11) is 0. The Balaban J connectivity index is 1.56. The molecule has 0 aliphatic heterocycles. The summed E-state index contributed by atoms with van der Waals surface area (Å²) >= 11 is 3.70. The number of nitrogens with one attached hydrogen (secondary N) is 1. The lowest BCUT2D eigenvalue weighted by Crippen LogP contribution is -2.32. The van der Waals surface area contributed by atoms with Gasteiger partial charge in [-0.3, -0.25) is 4.79 Å². The molecule has 1 saturated carbocycles. The number of carbonyl (C=O) groups is 1. The highest BCUT2D eigenvalue weighted by atomic mass is 79.9. The van der Waals surface area contributed by atoms with Crippen molar-refractivity contribution in [2.45, 2.75) is 49.8 Å². The summed E-state index contributed by atoms with van der Waals surface area (Å²) in [5.74, 6) is 0.725. The summed E-state index contributed by atoms with van der Waals surface area (Å²) in [5.41, 5.74) is 3.63.